The first-order chi connectivity index (χ1) is 11.3. The van der Waals surface area contributed by atoms with Crippen molar-refractivity contribution in [3.05, 3.63) is 59.1 Å². The summed E-state index contributed by atoms with van der Waals surface area (Å²) in [4.78, 5) is 12.2. The molecule has 2 aromatic rings. The number of hydrogen-bond acceptors (Lipinski definition) is 3. The molecule has 1 N–H and O–H groups in total. The van der Waals surface area contributed by atoms with Gasteiger partial charge in [-0.1, -0.05) is 30.7 Å². The molecule has 0 aliphatic rings. The zero-order chi connectivity index (χ0) is 17.7. The molecule has 7 heteroatoms. The van der Waals surface area contributed by atoms with Gasteiger partial charge in [0.1, 0.15) is 6.54 Å². The summed E-state index contributed by atoms with van der Waals surface area (Å²) in [5.74, 6) is -0.417. The third kappa shape index (κ3) is 4.97. The molecule has 0 aliphatic carbocycles. The maximum absolute atomic E-state index is 12.2. The number of rotatable bonds is 6. The highest BCUT2D eigenvalue weighted by Gasteiger charge is 2.20. The molecule has 0 unspecified atom stereocenters. The van der Waals surface area contributed by atoms with E-state index in [1.807, 2.05) is 19.1 Å². The van der Waals surface area contributed by atoms with Crippen LogP contribution in [0.25, 0.3) is 0 Å². The number of nitrogens with one attached hydrogen (secondary N) is 1. The van der Waals surface area contributed by atoms with Crippen LogP contribution in [0.15, 0.2) is 48.5 Å². The van der Waals surface area contributed by atoms with Crippen LogP contribution in [-0.2, 0) is 21.2 Å². The summed E-state index contributed by atoms with van der Waals surface area (Å²) >= 11 is 5.82. The van der Waals surface area contributed by atoms with Crippen LogP contribution in [0.2, 0.25) is 5.02 Å². The first-order valence-electron chi connectivity index (χ1n) is 7.41. The van der Waals surface area contributed by atoms with Gasteiger partial charge in [0.2, 0.25) is 15.9 Å². The van der Waals surface area contributed by atoms with Gasteiger partial charge in [-0.05, 0) is 48.4 Å². The van der Waals surface area contributed by atoms with Crippen LogP contribution in [0.1, 0.15) is 12.5 Å². The number of anilines is 2. The maximum Gasteiger partial charge on any atom is 0.245 e. The topological polar surface area (TPSA) is 66.5 Å². The summed E-state index contributed by atoms with van der Waals surface area (Å²) < 4.78 is 25.0. The fourth-order valence-electron chi connectivity index (χ4n) is 2.16. The van der Waals surface area contributed by atoms with Gasteiger partial charge in [-0.25, -0.2) is 8.42 Å². The Hall–Kier alpha value is -2.05. The molecule has 128 valence electrons. The van der Waals surface area contributed by atoms with Crippen LogP contribution in [0.3, 0.4) is 0 Å². The van der Waals surface area contributed by atoms with Crippen LogP contribution in [-0.4, -0.2) is 27.1 Å². The van der Waals surface area contributed by atoms with Crippen LogP contribution in [0.5, 0.6) is 0 Å². The van der Waals surface area contributed by atoms with Crippen LogP contribution < -0.4 is 9.62 Å². The van der Waals surface area contributed by atoms with E-state index in [2.05, 4.69) is 5.32 Å². The number of aryl methyl sites for hydroxylation is 1. The molecule has 0 bridgehead atoms. The summed E-state index contributed by atoms with van der Waals surface area (Å²) in [5.41, 5.74) is 2.17. The number of carbonyl (C=O) groups excluding carboxylic acids is 1. The van der Waals surface area contributed by atoms with Crippen molar-refractivity contribution in [1.82, 2.24) is 0 Å². The Bertz CT molecular complexity index is 803. The molecule has 2 rings (SSSR count). The predicted octanol–water partition coefficient (Wildman–Crippen LogP) is 3.31. The molecule has 1 amide bonds. The summed E-state index contributed by atoms with van der Waals surface area (Å²) in [6, 6.07) is 13.7. The van der Waals surface area contributed by atoms with Gasteiger partial charge < -0.3 is 5.32 Å². The molecular weight excluding hydrogens is 348 g/mol. The van der Waals surface area contributed by atoms with Gasteiger partial charge in [0.25, 0.3) is 0 Å². The summed E-state index contributed by atoms with van der Waals surface area (Å²) in [6.45, 7) is 1.74. The third-order valence-electron chi connectivity index (χ3n) is 3.45. The van der Waals surface area contributed by atoms with E-state index in [0.29, 0.717) is 16.4 Å². The Morgan fingerprint density at radius 3 is 2.17 bits per heavy atom. The average molecular weight is 367 g/mol. The van der Waals surface area contributed by atoms with E-state index in [1.165, 1.54) is 0 Å². The molecule has 0 spiro atoms. The molecule has 0 saturated heterocycles. The first-order valence-corrected chi connectivity index (χ1v) is 9.64. The minimum absolute atomic E-state index is 0.310. The van der Waals surface area contributed by atoms with Gasteiger partial charge in [-0.3, -0.25) is 9.10 Å². The molecule has 0 atom stereocenters. The number of sulfonamides is 1. The zero-order valence-electron chi connectivity index (χ0n) is 13.5. The Balaban J connectivity index is 2.14. The predicted molar refractivity (Wildman–Crippen MR) is 98.1 cm³/mol. The summed E-state index contributed by atoms with van der Waals surface area (Å²) in [5, 5.41) is 3.20. The zero-order valence-corrected chi connectivity index (χ0v) is 15.1. The highest BCUT2D eigenvalue weighted by atomic mass is 35.5. The minimum Gasteiger partial charge on any atom is -0.325 e. The van der Waals surface area contributed by atoms with E-state index in [-0.39, 0.29) is 6.54 Å². The van der Waals surface area contributed by atoms with E-state index in [9.17, 15) is 13.2 Å². The lowest BCUT2D eigenvalue weighted by molar-refractivity contribution is -0.114. The second kappa shape index (κ2) is 7.68. The monoisotopic (exact) mass is 366 g/mol. The van der Waals surface area contributed by atoms with E-state index in [4.69, 9.17) is 11.6 Å². The molecule has 0 heterocycles. The standard InChI is InChI=1S/C17H19ClN2O3S/c1-3-13-4-8-15(9-5-13)19-17(21)12-20(24(2,22)23)16-10-6-14(18)7-11-16/h4-11H,3,12H2,1-2H3,(H,19,21). The first kappa shape index (κ1) is 18.3. The van der Waals surface area contributed by atoms with Crippen LogP contribution in [0.4, 0.5) is 11.4 Å². The smallest absolute Gasteiger partial charge is 0.245 e. The number of amides is 1. The van der Waals surface area contributed by atoms with Gasteiger partial charge >= 0.3 is 0 Å². The van der Waals surface area contributed by atoms with Gasteiger partial charge in [-0.2, -0.15) is 0 Å². The van der Waals surface area contributed by atoms with E-state index >= 15 is 0 Å². The van der Waals surface area contributed by atoms with Crippen molar-refractivity contribution in [3.8, 4) is 0 Å². The largest absolute Gasteiger partial charge is 0.325 e. The van der Waals surface area contributed by atoms with Gasteiger partial charge in [0, 0.05) is 10.7 Å². The van der Waals surface area contributed by atoms with Gasteiger partial charge in [0.15, 0.2) is 0 Å². The number of nitrogens with zero attached hydrogens (tertiary/aromatic N) is 1. The molecule has 5 nitrogen and oxygen atoms in total. The summed E-state index contributed by atoms with van der Waals surface area (Å²) in [6.07, 6.45) is 1.97. The second-order valence-corrected chi connectivity index (χ2v) is 7.69. The van der Waals surface area contributed by atoms with Crippen molar-refractivity contribution in [2.45, 2.75) is 13.3 Å². The minimum atomic E-state index is -3.60. The quantitative estimate of drug-likeness (QED) is 0.852. The van der Waals surface area contributed by atoms with Crippen molar-refractivity contribution in [3.63, 3.8) is 0 Å². The van der Waals surface area contributed by atoms with Crippen molar-refractivity contribution in [2.75, 3.05) is 22.4 Å². The molecule has 0 aliphatic heterocycles. The van der Waals surface area contributed by atoms with Crippen molar-refractivity contribution >= 4 is 38.9 Å². The Morgan fingerprint density at radius 1 is 1.08 bits per heavy atom. The fourth-order valence-corrected chi connectivity index (χ4v) is 3.14. The average Bonchev–Trinajstić information content (AvgIpc) is 2.53. The highest BCUT2D eigenvalue weighted by Crippen LogP contribution is 2.20. The van der Waals surface area contributed by atoms with Crippen molar-refractivity contribution in [1.29, 1.82) is 0 Å². The lowest BCUT2D eigenvalue weighted by atomic mass is 10.1. The molecule has 24 heavy (non-hydrogen) atoms. The number of halogens is 1. The van der Waals surface area contributed by atoms with Crippen molar-refractivity contribution < 1.29 is 13.2 Å². The lowest BCUT2D eigenvalue weighted by Crippen LogP contribution is -2.37. The molecule has 0 saturated carbocycles. The summed E-state index contributed by atoms with van der Waals surface area (Å²) in [7, 11) is -3.60. The Kier molecular flexibility index (Phi) is 5.85. The SMILES string of the molecule is CCc1ccc(NC(=O)CN(c2ccc(Cl)cc2)S(C)(=O)=O)cc1. The molecule has 2 aromatic carbocycles. The van der Waals surface area contributed by atoms with Crippen LogP contribution >= 0.6 is 11.6 Å². The molecular formula is C17H19ClN2O3S. The van der Waals surface area contributed by atoms with Crippen molar-refractivity contribution in [2.24, 2.45) is 0 Å². The van der Waals surface area contributed by atoms with Gasteiger partial charge in [-0.15, -0.1) is 0 Å². The molecule has 0 radical (unpaired) electrons. The second-order valence-electron chi connectivity index (χ2n) is 5.34. The Labute approximate surface area is 147 Å². The number of benzene rings is 2. The van der Waals surface area contributed by atoms with Gasteiger partial charge in [0.05, 0.1) is 11.9 Å². The van der Waals surface area contributed by atoms with E-state index in [1.54, 1.807) is 36.4 Å². The molecule has 0 aromatic heterocycles. The normalized spacial score (nSPS) is 11.1. The highest BCUT2D eigenvalue weighted by molar-refractivity contribution is 7.92. The Morgan fingerprint density at radius 2 is 1.67 bits per heavy atom. The maximum atomic E-state index is 12.2. The number of carbonyl (C=O) groups is 1. The van der Waals surface area contributed by atoms with E-state index in [0.717, 1.165) is 22.5 Å². The number of hydrogen-bond donors (Lipinski definition) is 1. The lowest BCUT2D eigenvalue weighted by Gasteiger charge is -2.22. The van der Waals surface area contributed by atoms with E-state index < -0.39 is 15.9 Å². The third-order valence-corrected chi connectivity index (χ3v) is 4.84. The molecule has 0 fully saturated rings. The fraction of sp³-hybridized carbons (Fsp3) is 0.235. The van der Waals surface area contributed by atoms with Crippen LogP contribution in [0, 0.1) is 0 Å².